The molecule has 19 heavy (non-hydrogen) atoms. The predicted molar refractivity (Wildman–Crippen MR) is 71.5 cm³/mol. The first-order valence-corrected chi connectivity index (χ1v) is 5.86. The van der Waals surface area contributed by atoms with E-state index in [1.807, 2.05) is 6.92 Å². The van der Waals surface area contributed by atoms with Crippen molar-refractivity contribution >= 4 is 22.7 Å². The van der Waals surface area contributed by atoms with Gasteiger partial charge in [-0.2, -0.15) is 0 Å². The van der Waals surface area contributed by atoms with Gasteiger partial charge in [0.25, 0.3) is 0 Å². The molecule has 0 amide bonds. The van der Waals surface area contributed by atoms with E-state index in [-0.39, 0.29) is 11.7 Å². The van der Waals surface area contributed by atoms with Crippen molar-refractivity contribution in [2.24, 2.45) is 0 Å². The van der Waals surface area contributed by atoms with E-state index in [0.29, 0.717) is 17.9 Å². The van der Waals surface area contributed by atoms with Crippen molar-refractivity contribution in [1.29, 1.82) is 0 Å². The predicted octanol–water partition coefficient (Wildman–Crippen LogP) is 1.77. The maximum Gasteiger partial charge on any atom is 0.335 e. The Hall–Kier alpha value is -2.21. The Labute approximate surface area is 110 Å². The van der Waals surface area contributed by atoms with Crippen LogP contribution in [0.25, 0.3) is 10.9 Å². The zero-order valence-corrected chi connectivity index (χ0v) is 10.8. The fraction of sp³-hybridized carbons (Fsp3) is 0.308. The molecule has 2 N–H and O–H groups in total. The third-order valence-electron chi connectivity index (χ3n) is 2.84. The highest BCUT2D eigenvalue weighted by atomic mass is 16.5. The largest absolute Gasteiger partial charge is 0.478 e. The molecule has 0 saturated carbocycles. The first kappa shape index (κ1) is 13.2. The van der Waals surface area contributed by atoms with Gasteiger partial charge in [-0.15, -0.1) is 0 Å². The molecule has 1 aromatic heterocycles. The van der Waals surface area contributed by atoms with Gasteiger partial charge in [0.1, 0.15) is 12.1 Å². The lowest BCUT2D eigenvalue weighted by Crippen LogP contribution is -2.18. The molecule has 0 spiro atoms. The fourth-order valence-electron chi connectivity index (χ4n) is 1.65. The molecule has 6 heteroatoms. The quantitative estimate of drug-likeness (QED) is 0.853. The fourth-order valence-corrected chi connectivity index (χ4v) is 1.65. The van der Waals surface area contributed by atoms with Crippen molar-refractivity contribution in [3.63, 3.8) is 0 Å². The molecule has 0 saturated heterocycles. The van der Waals surface area contributed by atoms with Gasteiger partial charge in [-0.1, -0.05) is 0 Å². The Balaban J connectivity index is 2.32. The Bertz CT molecular complexity index is 601. The number of rotatable bonds is 5. The molecular weight excluding hydrogens is 246 g/mol. The number of carboxylic acid groups (broad SMARTS) is 1. The minimum absolute atomic E-state index is 0.0586. The van der Waals surface area contributed by atoms with E-state index in [9.17, 15) is 4.79 Å². The van der Waals surface area contributed by atoms with Crippen LogP contribution in [0.3, 0.4) is 0 Å². The molecule has 1 unspecified atom stereocenters. The number of hydrogen-bond acceptors (Lipinski definition) is 5. The van der Waals surface area contributed by atoms with Gasteiger partial charge in [0.05, 0.1) is 17.2 Å². The number of fused-ring (bicyclic) bond motifs is 1. The van der Waals surface area contributed by atoms with Gasteiger partial charge in [-0.3, -0.25) is 0 Å². The smallest absolute Gasteiger partial charge is 0.335 e. The van der Waals surface area contributed by atoms with Gasteiger partial charge < -0.3 is 15.2 Å². The van der Waals surface area contributed by atoms with Crippen LogP contribution < -0.4 is 5.32 Å². The van der Waals surface area contributed by atoms with Gasteiger partial charge in [0.15, 0.2) is 0 Å². The standard InChI is InChI=1S/C13H15N3O3/c1-8(19-2)6-14-12-10-4-3-9(13(17)18)5-11(10)15-7-16-12/h3-5,7-8H,6H2,1-2H3,(H,17,18)(H,14,15,16). The van der Waals surface area contributed by atoms with Gasteiger partial charge >= 0.3 is 5.97 Å². The Morgan fingerprint density at radius 2 is 2.26 bits per heavy atom. The minimum Gasteiger partial charge on any atom is -0.478 e. The Morgan fingerprint density at radius 1 is 1.47 bits per heavy atom. The average Bonchev–Trinajstić information content (AvgIpc) is 2.43. The molecule has 6 nitrogen and oxygen atoms in total. The van der Waals surface area contributed by atoms with Crippen molar-refractivity contribution < 1.29 is 14.6 Å². The molecule has 100 valence electrons. The summed E-state index contributed by atoms with van der Waals surface area (Å²) < 4.78 is 5.15. The molecule has 0 radical (unpaired) electrons. The average molecular weight is 261 g/mol. The Kier molecular flexibility index (Phi) is 3.91. The molecule has 0 aliphatic heterocycles. The van der Waals surface area contributed by atoms with Crippen LogP contribution in [-0.2, 0) is 4.74 Å². The molecule has 1 heterocycles. The molecule has 2 rings (SSSR count). The number of anilines is 1. The number of methoxy groups -OCH3 is 1. The maximum atomic E-state index is 10.9. The molecule has 1 aromatic carbocycles. The van der Waals surface area contributed by atoms with Crippen LogP contribution >= 0.6 is 0 Å². The minimum atomic E-state index is -0.969. The van der Waals surface area contributed by atoms with Crippen LogP contribution in [0.4, 0.5) is 5.82 Å². The van der Waals surface area contributed by atoms with Crippen LogP contribution in [0.1, 0.15) is 17.3 Å². The van der Waals surface area contributed by atoms with E-state index in [2.05, 4.69) is 15.3 Å². The lowest BCUT2D eigenvalue weighted by Gasteiger charge is -2.12. The summed E-state index contributed by atoms with van der Waals surface area (Å²) in [5, 5.41) is 12.9. The summed E-state index contributed by atoms with van der Waals surface area (Å²) in [5.41, 5.74) is 0.810. The SMILES string of the molecule is COC(C)CNc1ncnc2cc(C(=O)O)ccc12. The second-order valence-electron chi connectivity index (χ2n) is 4.19. The zero-order chi connectivity index (χ0) is 13.8. The summed E-state index contributed by atoms with van der Waals surface area (Å²) >= 11 is 0. The molecule has 0 fully saturated rings. The summed E-state index contributed by atoms with van der Waals surface area (Å²) in [4.78, 5) is 19.2. The van der Waals surface area contributed by atoms with Crippen molar-refractivity contribution in [3.05, 3.63) is 30.1 Å². The highest BCUT2D eigenvalue weighted by molar-refractivity contribution is 5.96. The van der Waals surface area contributed by atoms with E-state index < -0.39 is 5.97 Å². The third kappa shape index (κ3) is 2.97. The topological polar surface area (TPSA) is 84.3 Å². The summed E-state index contributed by atoms with van der Waals surface area (Å²) in [6.45, 7) is 2.56. The van der Waals surface area contributed by atoms with Gasteiger partial charge in [0, 0.05) is 19.0 Å². The third-order valence-corrected chi connectivity index (χ3v) is 2.84. The van der Waals surface area contributed by atoms with Crippen molar-refractivity contribution in [2.75, 3.05) is 19.0 Å². The first-order chi connectivity index (χ1) is 9.11. The number of ether oxygens (including phenoxy) is 1. The lowest BCUT2D eigenvalue weighted by molar-refractivity contribution is 0.0697. The van der Waals surface area contributed by atoms with E-state index in [0.717, 1.165) is 5.39 Å². The number of nitrogens with zero attached hydrogens (tertiary/aromatic N) is 2. The number of carboxylic acids is 1. The summed E-state index contributed by atoms with van der Waals surface area (Å²) in [6.07, 6.45) is 1.47. The van der Waals surface area contributed by atoms with Gasteiger partial charge in [0.2, 0.25) is 0 Å². The molecule has 0 aliphatic carbocycles. The maximum absolute atomic E-state index is 10.9. The van der Waals surface area contributed by atoms with Crippen molar-refractivity contribution in [2.45, 2.75) is 13.0 Å². The summed E-state index contributed by atoms with van der Waals surface area (Å²) in [5.74, 6) is -0.297. The number of nitrogens with one attached hydrogen (secondary N) is 1. The molecule has 0 bridgehead atoms. The number of benzene rings is 1. The van der Waals surface area contributed by atoms with Crippen LogP contribution in [-0.4, -0.2) is 40.8 Å². The lowest BCUT2D eigenvalue weighted by atomic mass is 10.1. The monoisotopic (exact) mass is 261 g/mol. The normalized spacial score (nSPS) is 12.3. The number of carbonyl (C=O) groups is 1. The van der Waals surface area contributed by atoms with Crippen LogP contribution in [0, 0.1) is 0 Å². The first-order valence-electron chi connectivity index (χ1n) is 5.86. The van der Waals surface area contributed by atoms with Crippen molar-refractivity contribution in [3.8, 4) is 0 Å². The van der Waals surface area contributed by atoms with E-state index >= 15 is 0 Å². The highest BCUT2D eigenvalue weighted by Crippen LogP contribution is 2.20. The van der Waals surface area contributed by atoms with Gasteiger partial charge in [-0.05, 0) is 25.1 Å². The highest BCUT2D eigenvalue weighted by Gasteiger charge is 2.08. The Morgan fingerprint density at radius 3 is 2.95 bits per heavy atom. The summed E-state index contributed by atoms with van der Waals surface area (Å²) in [6, 6.07) is 4.78. The second-order valence-corrected chi connectivity index (χ2v) is 4.19. The van der Waals surface area contributed by atoms with E-state index in [4.69, 9.17) is 9.84 Å². The number of aromatic carboxylic acids is 1. The van der Waals surface area contributed by atoms with Crippen molar-refractivity contribution in [1.82, 2.24) is 9.97 Å². The molecule has 2 aromatic rings. The van der Waals surface area contributed by atoms with E-state index in [1.54, 1.807) is 19.2 Å². The number of aromatic nitrogens is 2. The van der Waals surface area contributed by atoms with E-state index in [1.165, 1.54) is 12.4 Å². The van der Waals surface area contributed by atoms with Crippen LogP contribution in [0.2, 0.25) is 0 Å². The molecule has 0 aliphatic rings. The molecule has 1 atom stereocenters. The molecular formula is C13H15N3O3. The van der Waals surface area contributed by atoms with Gasteiger partial charge in [-0.25, -0.2) is 14.8 Å². The zero-order valence-electron chi connectivity index (χ0n) is 10.8. The van der Waals surface area contributed by atoms with Crippen LogP contribution in [0.5, 0.6) is 0 Å². The second kappa shape index (κ2) is 5.62. The number of hydrogen-bond donors (Lipinski definition) is 2. The summed E-state index contributed by atoms with van der Waals surface area (Å²) in [7, 11) is 1.64. The van der Waals surface area contributed by atoms with Crippen LogP contribution in [0.15, 0.2) is 24.5 Å².